The molecule has 4 rings (SSSR count). The number of rotatable bonds is 1. The fourth-order valence-corrected chi connectivity index (χ4v) is 4.12. The molecular formula is C19H19BrN2O2. The van der Waals surface area contributed by atoms with E-state index in [0.717, 1.165) is 39.0 Å². The Labute approximate surface area is 149 Å². The molecular weight excluding hydrogens is 368 g/mol. The van der Waals surface area contributed by atoms with Gasteiger partial charge in [-0.2, -0.15) is 0 Å². The minimum Gasteiger partial charge on any atom is -0.338 e. The van der Waals surface area contributed by atoms with Crippen molar-refractivity contribution in [3.05, 3.63) is 56.8 Å². The van der Waals surface area contributed by atoms with Crippen LogP contribution >= 0.6 is 15.9 Å². The molecule has 124 valence electrons. The highest BCUT2D eigenvalue weighted by atomic mass is 79.9. The van der Waals surface area contributed by atoms with Crippen molar-refractivity contribution in [3.8, 4) is 0 Å². The number of hydrogen-bond acceptors (Lipinski definition) is 4. The van der Waals surface area contributed by atoms with E-state index in [9.17, 15) is 4.79 Å². The first-order valence-corrected chi connectivity index (χ1v) is 8.90. The molecule has 1 aliphatic heterocycles. The van der Waals surface area contributed by atoms with Gasteiger partial charge in [-0.15, -0.1) is 0 Å². The number of Topliss-reactive ketones (excluding diaryl/α,β-unsaturated/α-hetero) is 1. The third-order valence-electron chi connectivity index (χ3n) is 4.87. The van der Waals surface area contributed by atoms with Crippen LogP contribution in [0.1, 0.15) is 49.4 Å². The number of fused-ring (bicyclic) bond motifs is 1. The SMILES string of the molecule is Cc1noc2c1[C@H](c1ccc(Br)cc1)C1=C(CC(C)(C)CC1=O)N2. The summed E-state index contributed by atoms with van der Waals surface area (Å²) >= 11 is 3.48. The average Bonchev–Trinajstić information content (AvgIpc) is 2.86. The molecule has 1 aliphatic carbocycles. The zero-order chi connectivity index (χ0) is 17.1. The maximum atomic E-state index is 13.0. The van der Waals surface area contributed by atoms with E-state index in [2.05, 4.69) is 52.4 Å². The van der Waals surface area contributed by atoms with E-state index in [-0.39, 0.29) is 17.1 Å². The van der Waals surface area contributed by atoms with Crippen molar-refractivity contribution in [1.82, 2.24) is 5.16 Å². The van der Waals surface area contributed by atoms with Crippen LogP contribution < -0.4 is 5.32 Å². The first-order valence-electron chi connectivity index (χ1n) is 8.11. The van der Waals surface area contributed by atoms with Crippen LogP contribution in [0.3, 0.4) is 0 Å². The molecule has 2 aliphatic rings. The van der Waals surface area contributed by atoms with Gasteiger partial charge in [0.2, 0.25) is 5.88 Å². The molecule has 1 N–H and O–H groups in total. The van der Waals surface area contributed by atoms with E-state index in [1.165, 1.54) is 0 Å². The van der Waals surface area contributed by atoms with E-state index in [4.69, 9.17) is 4.52 Å². The highest BCUT2D eigenvalue weighted by Crippen LogP contribution is 2.49. The Morgan fingerprint density at radius 3 is 2.67 bits per heavy atom. The Morgan fingerprint density at radius 1 is 1.25 bits per heavy atom. The Hall–Kier alpha value is -1.88. The topological polar surface area (TPSA) is 55.1 Å². The standard InChI is InChI=1S/C19H19BrN2O2/c1-10-15-16(11-4-6-12(20)7-5-11)17-13(21-18(15)24-22-10)8-19(2,3)9-14(17)23/h4-7,16,21H,8-9H2,1-3H3/t16-/m0/s1. The number of nitrogens with one attached hydrogen (secondary N) is 1. The normalized spacial score (nSPS) is 22.0. The molecule has 1 aromatic carbocycles. The van der Waals surface area contributed by atoms with Gasteiger partial charge in [-0.3, -0.25) is 4.79 Å². The van der Waals surface area contributed by atoms with Crippen molar-refractivity contribution in [2.24, 2.45) is 5.41 Å². The number of hydrogen-bond donors (Lipinski definition) is 1. The van der Waals surface area contributed by atoms with Crippen LogP contribution in [0.15, 0.2) is 44.5 Å². The van der Waals surface area contributed by atoms with Crippen LogP contribution in [0, 0.1) is 12.3 Å². The van der Waals surface area contributed by atoms with Crippen molar-refractivity contribution in [2.45, 2.75) is 39.5 Å². The number of allylic oxidation sites excluding steroid dienone is 2. The summed E-state index contributed by atoms with van der Waals surface area (Å²) in [5.41, 5.74) is 4.70. The van der Waals surface area contributed by atoms with Crippen molar-refractivity contribution >= 4 is 27.6 Å². The molecule has 4 nitrogen and oxygen atoms in total. The monoisotopic (exact) mass is 386 g/mol. The maximum absolute atomic E-state index is 13.0. The van der Waals surface area contributed by atoms with Crippen molar-refractivity contribution in [3.63, 3.8) is 0 Å². The van der Waals surface area contributed by atoms with Crippen LogP contribution in [-0.4, -0.2) is 10.9 Å². The summed E-state index contributed by atoms with van der Waals surface area (Å²) in [6.07, 6.45) is 1.40. The van der Waals surface area contributed by atoms with E-state index in [0.29, 0.717) is 12.3 Å². The number of nitrogens with zero attached hydrogens (tertiary/aromatic N) is 1. The lowest BCUT2D eigenvalue weighted by molar-refractivity contribution is -0.118. The molecule has 0 radical (unpaired) electrons. The van der Waals surface area contributed by atoms with Crippen molar-refractivity contribution in [1.29, 1.82) is 0 Å². The van der Waals surface area contributed by atoms with E-state index in [1.54, 1.807) is 0 Å². The van der Waals surface area contributed by atoms with Gasteiger partial charge < -0.3 is 9.84 Å². The molecule has 5 heteroatoms. The number of halogens is 1. The van der Waals surface area contributed by atoms with Gasteiger partial charge in [-0.25, -0.2) is 0 Å². The Morgan fingerprint density at radius 2 is 1.96 bits per heavy atom. The minimum absolute atomic E-state index is 0.0419. The van der Waals surface area contributed by atoms with E-state index < -0.39 is 0 Å². The van der Waals surface area contributed by atoms with Gasteiger partial charge in [0, 0.05) is 28.1 Å². The predicted octanol–water partition coefficient (Wildman–Crippen LogP) is 4.95. The Balaban J connectivity index is 1.93. The lowest BCUT2D eigenvalue weighted by Gasteiger charge is -2.37. The fraction of sp³-hybridized carbons (Fsp3) is 0.368. The van der Waals surface area contributed by atoms with Gasteiger partial charge >= 0.3 is 0 Å². The number of anilines is 1. The van der Waals surface area contributed by atoms with E-state index >= 15 is 0 Å². The van der Waals surface area contributed by atoms with Gasteiger partial charge in [0.05, 0.1) is 11.3 Å². The smallest absolute Gasteiger partial charge is 0.233 e. The zero-order valence-electron chi connectivity index (χ0n) is 13.9. The third-order valence-corrected chi connectivity index (χ3v) is 5.40. The molecule has 0 fully saturated rings. The summed E-state index contributed by atoms with van der Waals surface area (Å²) in [6.45, 7) is 6.19. The van der Waals surface area contributed by atoms with Crippen LogP contribution in [0.5, 0.6) is 0 Å². The first-order chi connectivity index (χ1) is 11.4. The fourth-order valence-electron chi connectivity index (χ4n) is 3.86. The third kappa shape index (κ3) is 2.42. The largest absolute Gasteiger partial charge is 0.338 e. The summed E-state index contributed by atoms with van der Waals surface area (Å²) in [7, 11) is 0. The summed E-state index contributed by atoms with van der Waals surface area (Å²) in [5, 5.41) is 7.46. The molecule has 0 spiro atoms. The molecule has 0 amide bonds. The van der Waals surface area contributed by atoms with Gasteiger partial charge in [0.1, 0.15) is 0 Å². The lowest BCUT2D eigenvalue weighted by atomic mass is 9.69. The van der Waals surface area contributed by atoms with Crippen molar-refractivity contribution in [2.75, 3.05) is 5.32 Å². The highest BCUT2D eigenvalue weighted by Gasteiger charge is 2.42. The lowest BCUT2D eigenvalue weighted by Crippen LogP contribution is -2.33. The maximum Gasteiger partial charge on any atom is 0.233 e. The number of benzene rings is 1. The van der Waals surface area contributed by atoms with Crippen LogP contribution in [0.25, 0.3) is 0 Å². The Kier molecular flexibility index (Phi) is 3.46. The predicted molar refractivity (Wildman–Crippen MR) is 95.9 cm³/mol. The van der Waals surface area contributed by atoms with E-state index in [1.807, 2.05) is 19.1 Å². The number of carbonyl (C=O) groups excluding carboxylic acids is 1. The molecule has 1 aromatic heterocycles. The second kappa shape index (κ2) is 5.31. The molecule has 0 saturated carbocycles. The zero-order valence-corrected chi connectivity index (χ0v) is 15.5. The second-order valence-electron chi connectivity index (χ2n) is 7.45. The summed E-state index contributed by atoms with van der Waals surface area (Å²) in [6, 6.07) is 8.15. The first kappa shape index (κ1) is 15.6. The number of aryl methyl sites for hydroxylation is 1. The molecule has 0 unspecified atom stereocenters. The molecule has 2 heterocycles. The van der Waals surface area contributed by atoms with Gasteiger partial charge in [0.15, 0.2) is 5.78 Å². The summed E-state index contributed by atoms with van der Waals surface area (Å²) in [5.74, 6) is 0.775. The van der Waals surface area contributed by atoms with Gasteiger partial charge in [-0.05, 0) is 36.5 Å². The van der Waals surface area contributed by atoms with Crippen LogP contribution in [0.2, 0.25) is 0 Å². The Bertz CT molecular complexity index is 862. The van der Waals surface area contributed by atoms with Crippen LogP contribution in [0.4, 0.5) is 5.88 Å². The molecule has 1 atom stereocenters. The second-order valence-corrected chi connectivity index (χ2v) is 8.37. The minimum atomic E-state index is -0.112. The van der Waals surface area contributed by atoms with Gasteiger partial charge in [-0.1, -0.05) is 47.1 Å². The van der Waals surface area contributed by atoms with Crippen LogP contribution in [-0.2, 0) is 4.79 Å². The molecule has 24 heavy (non-hydrogen) atoms. The summed E-state index contributed by atoms with van der Waals surface area (Å²) < 4.78 is 6.52. The number of aromatic nitrogens is 1. The van der Waals surface area contributed by atoms with Gasteiger partial charge in [0.25, 0.3) is 0 Å². The molecule has 2 aromatic rings. The summed E-state index contributed by atoms with van der Waals surface area (Å²) in [4.78, 5) is 13.0. The average molecular weight is 387 g/mol. The number of ketones is 1. The quantitative estimate of drug-likeness (QED) is 0.753. The number of carbonyl (C=O) groups is 1. The highest BCUT2D eigenvalue weighted by molar-refractivity contribution is 9.10. The van der Waals surface area contributed by atoms with Crippen molar-refractivity contribution < 1.29 is 9.32 Å². The molecule has 0 bridgehead atoms. The molecule has 0 saturated heterocycles.